The first kappa shape index (κ1) is 12.8. The highest BCUT2D eigenvalue weighted by Gasteiger charge is 2.12. The van der Waals surface area contributed by atoms with E-state index >= 15 is 0 Å². The molecule has 2 aromatic rings. The molecule has 0 aliphatic rings. The highest BCUT2D eigenvalue weighted by molar-refractivity contribution is 6.30. The van der Waals surface area contributed by atoms with Gasteiger partial charge in [0.25, 0.3) is 6.08 Å². The molecule has 0 aromatic heterocycles. The monoisotopic (exact) mass is 264 g/mol. The van der Waals surface area contributed by atoms with E-state index in [1.807, 2.05) is 13.0 Å². The minimum atomic E-state index is -1.69. The van der Waals surface area contributed by atoms with Gasteiger partial charge in [-0.15, -0.1) is 0 Å². The number of halogens is 3. The Morgan fingerprint density at radius 2 is 1.61 bits per heavy atom. The second kappa shape index (κ2) is 5.32. The van der Waals surface area contributed by atoms with Gasteiger partial charge >= 0.3 is 0 Å². The van der Waals surface area contributed by atoms with Crippen LogP contribution in [0.25, 0.3) is 5.57 Å². The summed E-state index contributed by atoms with van der Waals surface area (Å²) in [6, 6.07) is 13.5. The quantitative estimate of drug-likeness (QED) is 0.690. The Bertz CT molecular complexity index is 582. The smallest absolute Gasteiger partial charge is 0.173 e. The third kappa shape index (κ3) is 2.77. The van der Waals surface area contributed by atoms with Crippen molar-refractivity contribution in [3.05, 3.63) is 76.3 Å². The molecule has 0 radical (unpaired) electrons. The molecular formula is C15H11ClF2. The lowest BCUT2D eigenvalue weighted by Crippen LogP contribution is -1.90. The Morgan fingerprint density at radius 3 is 2.17 bits per heavy atom. The van der Waals surface area contributed by atoms with Gasteiger partial charge in [-0.2, -0.15) is 8.78 Å². The van der Waals surface area contributed by atoms with Crippen molar-refractivity contribution in [1.82, 2.24) is 0 Å². The predicted molar refractivity (Wildman–Crippen MR) is 70.9 cm³/mol. The summed E-state index contributed by atoms with van der Waals surface area (Å²) in [5, 5.41) is 0.529. The molecule has 3 heteroatoms. The van der Waals surface area contributed by atoms with Crippen molar-refractivity contribution in [2.75, 3.05) is 0 Å². The van der Waals surface area contributed by atoms with E-state index in [-0.39, 0.29) is 5.57 Å². The van der Waals surface area contributed by atoms with Crippen LogP contribution in [0.5, 0.6) is 0 Å². The van der Waals surface area contributed by atoms with Gasteiger partial charge in [0.2, 0.25) is 0 Å². The van der Waals surface area contributed by atoms with Gasteiger partial charge in [0.15, 0.2) is 0 Å². The molecule has 2 aromatic carbocycles. The van der Waals surface area contributed by atoms with Gasteiger partial charge in [0, 0.05) is 5.02 Å². The summed E-state index contributed by atoms with van der Waals surface area (Å²) in [6.07, 6.45) is -1.69. The van der Waals surface area contributed by atoms with Crippen molar-refractivity contribution >= 4 is 17.2 Å². The second-order valence-corrected chi connectivity index (χ2v) is 4.45. The van der Waals surface area contributed by atoms with Crippen molar-refractivity contribution in [2.45, 2.75) is 6.92 Å². The van der Waals surface area contributed by atoms with Crippen LogP contribution in [0.2, 0.25) is 5.02 Å². The van der Waals surface area contributed by atoms with Crippen molar-refractivity contribution in [3.8, 4) is 0 Å². The maximum Gasteiger partial charge on any atom is 0.278 e. The van der Waals surface area contributed by atoms with Crippen LogP contribution >= 0.6 is 11.6 Å². The molecule has 0 fully saturated rings. The van der Waals surface area contributed by atoms with Gasteiger partial charge < -0.3 is 0 Å². The van der Waals surface area contributed by atoms with Crippen LogP contribution in [0.3, 0.4) is 0 Å². The van der Waals surface area contributed by atoms with E-state index in [2.05, 4.69) is 0 Å². The van der Waals surface area contributed by atoms with Gasteiger partial charge in [-0.05, 0) is 30.2 Å². The maximum absolute atomic E-state index is 13.1. The van der Waals surface area contributed by atoms with Gasteiger partial charge in [-0.25, -0.2) is 0 Å². The Kier molecular flexibility index (Phi) is 3.78. The molecule has 0 amide bonds. The highest BCUT2D eigenvalue weighted by atomic mass is 35.5. The Morgan fingerprint density at radius 1 is 0.944 bits per heavy atom. The minimum absolute atomic E-state index is 0.0460. The maximum atomic E-state index is 13.1. The Labute approximate surface area is 110 Å². The summed E-state index contributed by atoms with van der Waals surface area (Å²) in [7, 11) is 0. The average molecular weight is 265 g/mol. The second-order valence-electron chi connectivity index (χ2n) is 4.01. The van der Waals surface area contributed by atoms with Crippen LogP contribution in [0, 0.1) is 6.92 Å². The summed E-state index contributed by atoms with van der Waals surface area (Å²) in [4.78, 5) is 0. The summed E-state index contributed by atoms with van der Waals surface area (Å²) in [6.45, 7) is 1.87. The Hall–Kier alpha value is -1.67. The lowest BCUT2D eigenvalue weighted by atomic mass is 9.98. The summed E-state index contributed by atoms with van der Waals surface area (Å²) >= 11 is 5.76. The zero-order valence-electron chi connectivity index (χ0n) is 9.75. The minimum Gasteiger partial charge on any atom is -0.173 e. The third-order valence-corrected chi connectivity index (χ3v) is 2.88. The SMILES string of the molecule is Cc1cccc(C(=C(F)F)c2ccc(Cl)cc2)c1. The number of hydrogen-bond acceptors (Lipinski definition) is 0. The topological polar surface area (TPSA) is 0 Å². The molecule has 0 nitrogen and oxygen atoms in total. The fourth-order valence-electron chi connectivity index (χ4n) is 1.80. The summed E-state index contributed by atoms with van der Waals surface area (Å²) in [5.74, 6) is 0. The summed E-state index contributed by atoms with van der Waals surface area (Å²) in [5.41, 5.74) is 1.87. The molecule has 0 bridgehead atoms. The van der Waals surface area contributed by atoms with E-state index < -0.39 is 6.08 Å². The standard InChI is InChI=1S/C15H11ClF2/c1-10-3-2-4-12(9-10)14(15(17)18)11-5-7-13(16)8-6-11/h2-9H,1H3. The van der Waals surface area contributed by atoms with E-state index in [1.165, 1.54) is 0 Å². The van der Waals surface area contributed by atoms with Crippen LogP contribution in [0.4, 0.5) is 8.78 Å². The molecular weight excluding hydrogens is 254 g/mol. The first-order chi connectivity index (χ1) is 8.58. The van der Waals surface area contributed by atoms with Gasteiger partial charge in [-0.3, -0.25) is 0 Å². The van der Waals surface area contributed by atoms with Crippen LogP contribution in [0.1, 0.15) is 16.7 Å². The summed E-state index contributed by atoms with van der Waals surface area (Å²) < 4.78 is 26.3. The van der Waals surface area contributed by atoms with Gasteiger partial charge in [0.05, 0.1) is 5.57 Å². The van der Waals surface area contributed by atoms with E-state index in [9.17, 15) is 8.78 Å². The zero-order valence-corrected chi connectivity index (χ0v) is 10.5. The molecule has 2 rings (SSSR count). The van der Waals surface area contributed by atoms with Crippen molar-refractivity contribution < 1.29 is 8.78 Å². The largest absolute Gasteiger partial charge is 0.278 e. The van der Waals surface area contributed by atoms with Gasteiger partial charge in [0.1, 0.15) is 0 Å². The van der Waals surface area contributed by atoms with E-state index in [1.54, 1.807) is 42.5 Å². The molecule has 0 saturated carbocycles. The average Bonchev–Trinajstić information content (AvgIpc) is 2.32. The molecule has 18 heavy (non-hydrogen) atoms. The van der Waals surface area contributed by atoms with Crippen LogP contribution < -0.4 is 0 Å². The number of hydrogen-bond donors (Lipinski definition) is 0. The molecule has 0 aliphatic heterocycles. The molecule has 0 heterocycles. The van der Waals surface area contributed by atoms with Crippen molar-refractivity contribution in [3.63, 3.8) is 0 Å². The number of rotatable bonds is 2. The van der Waals surface area contributed by atoms with Crippen LogP contribution in [0.15, 0.2) is 54.6 Å². The molecule has 0 saturated heterocycles. The molecule has 0 aliphatic carbocycles. The first-order valence-electron chi connectivity index (χ1n) is 5.46. The predicted octanol–water partition coefficient (Wildman–Crippen LogP) is 5.30. The molecule has 0 atom stereocenters. The van der Waals surface area contributed by atoms with Gasteiger partial charge in [-0.1, -0.05) is 53.6 Å². The Balaban J connectivity index is 2.55. The molecule has 0 spiro atoms. The van der Waals surface area contributed by atoms with Crippen molar-refractivity contribution in [1.29, 1.82) is 0 Å². The lowest BCUT2D eigenvalue weighted by molar-refractivity contribution is 0.426. The van der Waals surface area contributed by atoms with E-state index in [0.29, 0.717) is 16.1 Å². The van der Waals surface area contributed by atoms with Crippen LogP contribution in [-0.4, -0.2) is 0 Å². The van der Waals surface area contributed by atoms with Crippen LogP contribution in [-0.2, 0) is 0 Å². The molecule has 92 valence electrons. The first-order valence-corrected chi connectivity index (χ1v) is 5.84. The lowest BCUT2D eigenvalue weighted by Gasteiger charge is -2.08. The normalized spacial score (nSPS) is 10.2. The van der Waals surface area contributed by atoms with E-state index in [4.69, 9.17) is 11.6 Å². The fraction of sp³-hybridized carbons (Fsp3) is 0.0667. The van der Waals surface area contributed by atoms with E-state index in [0.717, 1.165) is 5.56 Å². The molecule has 0 N–H and O–H groups in total. The number of benzene rings is 2. The highest BCUT2D eigenvalue weighted by Crippen LogP contribution is 2.29. The number of aryl methyl sites for hydroxylation is 1. The zero-order chi connectivity index (χ0) is 13.1. The van der Waals surface area contributed by atoms with Crippen molar-refractivity contribution in [2.24, 2.45) is 0 Å². The molecule has 0 unspecified atom stereocenters. The third-order valence-electron chi connectivity index (χ3n) is 2.63. The fourth-order valence-corrected chi connectivity index (χ4v) is 1.93.